The molecule has 0 amide bonds. The average molecular weight is 393 g/mol. The van der Waals surface area contributed by atoms with Crippen LogP contribution in [0.5, 0.6) is 5.75 Å². The van der Waals surface area contributed by atoms with Crippen LogP contribution in [-0.4, -0.2) is 23.1 Å². The van der Waals surface area contributed by atoms with Crippen molar-refractivity contribution in [1.29, 1.82) is 0 Å². The van der Waals surface area contributed by atoms with E-state index in [-0.39, 0.29) is 11.4 Å². The van der Waals surface area contributed by atoms with Crippen molar-refractivity contribution < 1.29 is 19.1 Å². The molecule has 0 spiro atoms. The lowest BCUT2D eigenvalue weighted by Crippen LogP contribution is -2.13. The lowest BCUT2D eigenvalue weighted by Gasteiger charge is -2.18. The number of hydrogen-bond donors (Lipinski definition) is 0. The van der Waals surface area contributed by atoms with Gasteiger partial charge in [-0.15, -0.1) is 0 Å². The van der Waals surface area contributed by atoms with E-state index in [4.69, 9.17) is 9.47 Å². The molecule has 0 fully saturated rings. The first-order valence-electron chi connectivity index (χ1n) is 9.72. The lowest BCUT2D eigenvalue weighted by atomic mass is 9.87. The molecule has 2 aromatic carbocycles. The van der Waals surface area contributed by atoms with Gasteiger partial charge in [-0.25, -0.2) is 9.59 Å². The number of nitrogens with zero attached hydrogens (tertiary/aromatic N) is 1. The standard InChI is InChI=1S/C24H27NO4/c1-7-28-23(27)21-15(2)25(6)20-13-12-18(14-19(20)21)29-22(26)16-8-10-17(11-9-16)24(3,4)5/h8-14H,7H2,1-6H3. The van der Waals surface area contributed by atoms with Crippen LogP contribution < -0.4 is 4.74 Å². The van der Waals surface area contributed by atoms with Crippen molar-refractivity contribution >= 4 is 22.8 Å². The molecule has 3 aromatic rings. The summed E-state index contributed by atoms with van der Waals surface area (Å²) in [5.41, 5.74) is 3.82. The Morgan fingerprint density at radius 1 is 1.00 bits per heavy atom. The van der Waals surface area contributed by atoms with E-state index in [1.165, 1.54) is 0 Å². The highest BCUT2D eigenvalue weighted by Crippen LogP contribution is 2.30. The molecule has 3 rings (SSSR count). The van der Waals surface area contributed by atoms with Crippen LogP contribution in [0.4, 0.5) is 0 Å². The Kier molecular flexibility index (Phi) is 5.51. The molecule has 0 aliphatic rings. The van der Waals surface area contributed by atoms with Gasteiger partial charge in [0, 0.05) is 23.6 Å². The number of fused-ring (bicyclic) bond motifs is 1. The second kappa shape index (κ2) is 7.74. The van der Waals surface area contributed by atoms with Crippen LogP contribution >= 0.6 is 0 Å². The van der Waals surface area contributed by atoms with E-state index >= 15 is 0 Å². The topological polar surface area (TPSA) is 57.5 Å². The number of aryl methyl sites for hydroxylation is 1. The molecule has 0 atom stereocenters. The summed E-state index contributed by atoms with van der Waals surface area (Å²) in [5, 5.41) is 0.705. The van der Waals surface area contributed by atoms with Crippen molar-refractivity contribution in [2.24, 2.45) is 7.05 Å². The van der Waals surface area contributed by atoms with Crippen molar-refractivity contribution in [3.05, 3.63) is 64.8 Å². The van der Waals surface area contributed by atoms with Gasteiger partial charge in [-0.3, -0.25) is 0 Å². The van der Waals surface area contributed by atoms with E-state index in [9.17, 15) is 9.59 Å². The van der Waals surface area contributed by atoms with Crippen molar-refractivity contribution in [2.75, 3.05) is 6.61 Å². The predicted octanol–water partition coefficient (Wildman–Crippen LogP) is 5.18. The molecule has 0 unspecified atom stereocenters. The lowest BCUT2D eigenvalue weighted by molar-refractivity contribution is 0.0527. The van der Waals surface area contributed by atoms with Crippen LogP contribution in [0.15, 0.2) is 42.5 Å². The molecule has 152 valence electrons. The fourth-order valence-corrected chi connectivity index (χ4v) is 3.35. The van der Waals surface area contributed by atoms with Gasteiger partial charge in [-0.2, -0.15) is 0 Å². The highest BCUT2D eigenvalue weighted by Gasteiger charge is 2.21. The van der Waals surface area contributed by atoms with Gasteiger partial charge in [0.2, 0.25) is 0 Å². The fraction of sp³-hybridized carbons (Fsp3) is 0.333. The smallest absolute Gasteiger partial charge is 0.343 e. The Morgan fingerprint density at radius 2 is 1.66 bits per heavy atom. The molecule has 0 radical (unpaired) electrons. The van der Waals surface area contributed by atoms with Gasteiger partial charge in [0.05, 0.1) is 17.7 Å². The first-order chi connectivity index (χ1) is 13.6. The Hall–Kier alpha value is -3.08. The molecule has 0 N–H and O–H groups in total. The quantitative estimate of drug-likeness (QED) is 0.453. The van der Waals surface area contributed by atoms with E-state index in [2.05, 4.69) is 20.8 Å². The van der Waals surface area contributed by atoms with Crippen molar-refractivity contribution in [3.8, 4) is 5.75 Å². The third-order valence-corrected chi connectivity index (χ3v) is 5.14. The van der Waals surface area contributed by atoms with Gasteiger partial charge in [0.15, 0.2) is 0 Å². The molecule has 1 heterocycles. The van der Waals surface area contributed by atoms with Crippen molar-refractivity contribution in [2.45, 2.75) is 40.0 Å². The van der Waals surface area contributed by atoms with Gasteiger partial charge < -0.3 is 14.0 Å². The van der Waals surface area contributed by atoms with Gasteiger partial charge in [-0.1, -0.05) is 32.9 Å². The number of rotatable bonds is 4. The fourth-order valence-electron chi connectivity index (χ4n) is 3.35. The summed E-state index contributed by atoms with van der Waals surface area (Å²) < 4.78 is 12.7. The number of carbonyl (C=O) groups is 2. The molecule has 29 heavy (non-hydrogen) atoms. The van der Waals surface area contributed by atoms with Gasteiger partial charge >= 0.3 is 11.9 Å². The minimum atomic E-state index is -0.435. The Bertz CT molecular complexity index is 1070. The molecular weight excluding hydrogens is 366 g/mol. The monoisotopic (exact) mass is 393 g/mol. The molecule has 1 aromatic heterocycles. The minimum Gasteiger partial charge on any atom is -0.462 e. The Morgan fingerprint density at radius 3 is 2.24 bits per heavy atom. The van der Waals surface area contributed by atoms with E-state index in [0.29, 0.717) is 28.9 Å². The summed E-state index contributed by atoms with van der Waals surface area (Å²) in [4.78, 5) is 25.0. The zero-order chi connectivity index (χ0) is 21.3. The summed E-state index contributed by atoms with van der Waals surface area (Å²) in [6.45, 7) is 10.3. The molecule has 0 bridgehead atoms. The summed E-state index contributed by atoms with van der Waals surface area (Å²) in [6, 6.07) is 12.7. The van der Waals surface area contributed by atoms with E-state index in [1.807, 2.05) is 36.7 Å². The zero-order valence-corrected chi connectivity index (χ0v) is 17.8. The zero-order valence-electron chi connectivity index (χ0n) is 17.8. The number of hydrogen-bond acceptors (Lipinski definition) is 4. The third-order valence-electron chi connectivity index (χ3n) is 5.14. The maximum atomic E-state index is 12.6. The van der Waals surface area contributed by atoms with Crippen LogP contribution in [0.1, 0.15) is 59.7 Å². The highest BCUT2D eigenvalue weighted by atomic mass is 16.5. The number of carbonyl (C=O) groups excluding carboxylic acids is 2. The normalized spacial score (nSPS) is 11.5. The highest BCUT2D eigenvalue weighted by molar-refractivity contribution is 6.06. The second-order valence-corrected chi connectivity index (χ2v) is 8.14. The number of ether oxygens (including phenoxy) is 2. The molecule has 0 saturated heterocycles. The van der Waals surface area contributed by atoms with Crippen LogP contribution in [0.25, 0.3) is 10.9 Å². The molecule has 5 nitrogen and oxygen atoms in total. The number of esters is 2. The van der Waals surface area contributed by atoms with Crippen LogP contribution in [0.3, 0.4) is 0 Å². The van der Waals surface area contributed by atoms with E-state index in [0.717, 1.165) is 16.8 Å². The van der Waals surface area contributed by atoms with Crippen molar-refractivity contribution in [1.82, 2.24) is 4.57 Å². The molecule has 0 aliphatic heterocycles. The maximum Gasteiger partial charge on any atom is 0.343 e. The maximum absolute atomic E-state index is 12.6. The molecule has 0 saturated carbocycles. The Balaban J connectivity index is 1.91. The van der Waals surface area contributed by atoms with E-state index < -0.39 is 5.97 Å². The third kappa shape index (κ3) is 4.04. The number of benzene rings is 2. The van der Waals surface area contributed by atoms with Crippen LogP contribution in [0.2, 0.25) is 0 Å². The molecule has 0 aliphatic carbocycles. The average Bonchev–Trinajstić information content (AvgIpc) is 2.91. The van der Waals surface area contributed by atoms with E-state index in [1.54, 1.807) is 31.2 Å². The second-order valence-electron chi connectivity index (χ2n) is 8.14. The van der Waals surface area contributed by atoms with Gasteiger partial charge in [-0.05, 0) is 55.2 Å². The summed E-state index contributed by atoms with van der Waals surface area (Å²) in [6.07, 6.45) is 0. The van der Waals surface area contributed by atoms with Crippen molar-refractivity contribution in [3.63, 3.8) is 0 Å². The van der Waals surface area contributed by atoms with Gasteiger partial charge in [0.25, 0.3) is 0 Å². The summed E-state index contributed by atoms with van der Waals surface area (Å²) >= 11 is 0. The summed E-state index contributed by atoms with van der Waals surface area (Å²) in [5.74, 6) is -0.425. The number of aromatic nitrogens is 1. The first-order valence-corrected chi connectivity index (χ1v) is 9.72. The summed E-state index contributed by atoms with van der Waals surface area (Å²) in [7, 11) is 1.89. The molecule has 5 heteroatoms. The van der Waals surface area contributed by atoms with Crippen LogP contribution in [0, 0.1) is 6.92 Å². The minimum absolute atomic E-state index is 0.0160. The largest absolute Gasteiger partial charge is 0.462 e. The Labute approximate surface area is 171 Å². The van der Waals surface area contributed by atoms with Crippen LogP contribution in [-0.2, 0) is 17.2 Å². The predicted molar refractivity (Wildman–Crippen MR) is 114 cm³/mol. The first kappa shape index (κ1) is 20.6. The molecular formula is C24H27NO4. The SMILES string of the molecule is CCOC(=O)c1c(C)n(C)c2ccc(OC(=O)c3ccc(C(C)(C)C)cc3)cc12. The van der Waals surface area contributed by atoms with Gasteiger partial charge in [0.1, 0.15) is 5.75 Å².